The van der Waals surface area contributed by atoms with Gasteiger partial charge in [-0.05, 0) is 51.4 Å². The summed E-state index contributed by atoms with van der Waals surface area (Å²) in [7, 11) is 0. The smallest absolute Gasteiger partial charge is 0.305 e. The van der Waals surface area contributed by atoms with E-state index in [1.54, 1.807) is 0 Å². The molecule has 0 bridgehead atoms. The Morgan fingerprint density at radius 2 is 0.770 bits per heavy atom. The maximum atomic E-state index is 12.4. The third-order valence-corrected chi connectivity index (χ3v) is 12.8. The summed E-state index contributed by atoms with van der Waals surface area (Å²) in [4.78, 5) is 24.5. The van der Waals surface area contributed by atoms with Crippen LogP contribution in [0.25, 0.3) is 0 Å². The zero-order valence-corrected chi connectivity index (χ0v) is 41.2. The predicted octanol–water partition coefficient (Wildman–Crippen LogP) is 16.5. The summed E-state index contributed by atoms with van der Waals surface area (Å²) < 4.78 is 5.45. The minimum Gasteiger partial charge on any atom is -0.466 e. The quantitative estimate of drug-likeness (QED) is 0.0322. The third kappa shape index (κ3) is 47.9. The molecule has 0 heterocycles. The number of aliphatic hydroxyl groups is 2. The Hall–Kier alpha value is -1.40. The fraction of sp³-hybridized carbons (Fsp3) is 0.927. The minimum atomic E-state index is -0.681. The molecule has 0 fully saturated rings. The van der Waals surface area contributed by atoms with E-state index in [2.05, 4.69) is 31.3 Å². The van der Waals surface area contributed by atoms with Crippen molar-refractivity contribution in [2.75, 3.05) is 13.2 Å². The van der Waals surface area contributed by atoms with E-state index in [-0.39, 0.29) is 18.5 Å². The van der Waals surface area contributed by atoms with Crippen molar-refractivity contribution in [2.45, 2.75) is 315 Å². The molecule has 0 aliphatic rings. The molecule has 61 heavy (non-hydrogen) atoms. The second kappa shape index (κ2) is 51.2. The molecule has 0 aromatic carbocycles. The standard InChI is InChI=1S/C55H107NO5/c1-3-5-7-9-11-13-15-17-19-20-21-23-25-29-33-37-41-45-49-55(60)61-50-46-42-38-34-30-26-28-32-36-40-44-48-54(59)56-52(51-57)53(58)47-43-39-35-31-27-24-22-18-16-14-12-10-8-6-4-2/h30,34,52-53,57-58H,3-29,31-33,35-51H2,1-2H3,(H,56,59)/b34-30-. The lowest BCUT2D eigenvalue weighted by Crippen LogP contribution is -2.45. The highest BCUT2D eigenvalue weighted by molar-refractivity contribution is 5.76. The van der Waals surface area contributed by atoms with E-state index in [1.807, 2.05) is 0 Å². The highest BCUT2D eigenvalue weighted by atomic mass is 16.5. The van der Waals surface area contributed by atoms with Crippen LogP contribution in [0.4, 0.5) is 0 Å². The van der Waals surface area contributed by atoms with Gasteiger partial charge in [-0.1, -0.05) is 251 Å². The van der Waals surface area contributed by atoms with E-state index < -0.39 is 12.1 Å². The van der Waals surface area contributed by atoms with E-state index >= 15 is 0 Å². The Balaban J connectivity index is 3.48. The molecule has 0 radical (unpaired) electrons. The van der Waals surface area contributed by atoms with Gasteiger partial charge in [0.15, 0.2) is 0 Å². The van der Waals surface area contributed by atoms with Crippen LogP contribution in [0.5, 0.6) is 0 Å². The van der Waals surface area contributed by atoms with Gasteiger partial charge >= 0.3 is 5.97 Å². The number of esters is 1. The molecule has 0 saturated carbocycles. The summed E-state index contributed by atoms with van der Waals surface area (Å²) in [6.07, 6.45) is 59.1. The number of nitrogens with one attached hydrogen (secondary N) is 1. The van der Waals surface area contributed by atoms with E-state index in [1.165, 1.54) is 193 Å². The van der Waals surface area contributed by atoms with E-state index in [9.17, 15) is 19.8 Å². The second-order valence-corrected chi connectivity index (χ2v) is 18.9. The number of carbonyl (C=O) groups is 2. The number of hydrogen-bond donors (Lipinski definition) is 3. The monoisotopic (exact) mass is 862 g/mol. The Bertz CT molecular complexity index is 909. The van der Waals surface area contributed by atoms with Crippen LogP contribution in [0.1, 0.15) is 303 Å². The molecule has 0 aliphatic carbocycles. The Morgan fingerprint density at radius 3 is 1.16 bits per heavy atom. The molecule has 0 aliphatic heterocycles. The van der Waals surface area contributed by atoms with Gasteiger partial charge in [0.25, 0.3) is 0 Å². The molecular weight excluding hydrogens is 755 g/mol. The first kappa shape index (κ1) is 59.6. The van der Waals surface area contributed by atoms with Gasteiger partial charge in [-0.25, -0.2) is 0 Å². The molecule has 0 aromatic heterocycles. The third-order valence-electron chi connectivity index (χ3n) is 12.8. The fourth-order valence-corrected chi connectivity index (χ4v) is 8.58. The molecule has 1 amide bonds. The van der Waals surface area contributed by atoms with Crippen LogP contribution >= 0.6 is 0 Å². The van der Waals surface area contributed by atoms with Crippen LogP contribution in [0, 0.1) is 0 Å². The van der Waals surface area contributed by atoms with Crippen LogP contribution in [-0.4, -0.2) is 47.4 Å². The molecule has 0 spiro atoms. The van der Waals surface area contributed by atoms with Crippen LogP contribution < -0.4 is 5.32 Å². The van der Waals surface area contributed by atoms with Crippen LogP contribution in [0.3, 0.4) is 0 Å². The molecular formula is C55H107NO5. The number of carbonyl (C=O) groups excluding carboxylic acids is 2. The molecule has 6 heteroatoms. The first-order valence-electron chi connectivity index (χ1n) is 27.4. The maximum Gasteiger partial charge on any atom is 0.305 e. The number of unbranched alkanes of at least 4 members (excludes halogenated alkanes) is 38. The van der Waals surface area contributed by atoms with E-state index in [0.717, 1.165) is 77.0 Å². The lowest BCUT2D eigenvalue weighted by Gasteiger charge is -2.22. The van der Waals surface area contributed by atoms with Crippen molar-refractivity contribution in [1.29, 1.82) is 0 Å². The van der Waals surface area contributed by atoms with Crippen molar-refractivity contribution in [3.8, 4) is 0 Å². The number of allylic oxidation sites excluding steroid dienone is 2. The van der Waals surface area contributed by atoms with Crippen LogP contribution in [-0.2, 0) is 14.3 Å². The molecule has 6 nitrogen and oxygen atoms in total. The van der Waals surface area contributed by atoms with Crippen molar-refractivity contribution in [3.05, 3.63) is 12.2 Å². The lowest BCUT2D eigenvalue weighted by molar-refractivity contribution is -0.143. The van der Waals surface area contributed by atoms with Gasteiger partial charge in [0.1, 0.15) is 0 Å². The average Bonchev–Trinajstić information content (AvgIpc) is 3.26. The zero-order valence-electron chi connectivity index (χ0n) is 41.2. The minimum absolute atomic E-state index is 0.0263. The number of hydrogen-bond acceptors (Lipinski definition) is 5. The van der Waals surface area contributed by atoms with Gasteiger partial charge in [0.05, 0.1) is 25.4 Å². The molecule has 2 unspecified atom stereocenters. The summed E-state index contributed by atoms with van der Waals surface area (Å²) in [6.45, 7) is 4.89. The summed E-state index contributed by atoms with van der Waals surface area (Å²) in [6, 6.07) is -0.561. The molecule has 0 saturated heterocycles. The Labute approximate surface area is 380 Å². The highest BCUT2D eigenvalue weighted by Gasteiger charge is 2.20. The van der Waals surface area contributed by atoms with Gasteiger partial charge < -0.3 is 20.3 Å². The molecule has 3 N–H and O–H groups in total. The van der Waals surface area contributed by atoms with Gasteiger partial charge in [0, 0.05) is 12.8 Å². The lowest BCUT2D eigenvalue weighted by atomic mass is 10.0. The number of ether oxygens (including phenoxy) is 1. The van der Waals surface area contributed by atoms with E-state index in [4.69, 9.17) is 4.74 Å². The SMILES string of the molecule is CCCCCCCCCCCCCCCCCCCCC(=O)OCCCC/C=C\CCCCCCCC(=O)NC(CO)C(O)CCCCCCCCCCCCCCCCC. The summed E-state index contributed by atoms with van der Waals surface area (Å²) in [5, 5.41) is 23.2. The van der Waals surface area contributed by atoms with E-state index in [0.29, 0.717) is 25.9 Å². The summed E-state index contributed by atoms with van der Waals surface area (Å²) in [5.41, 5.74) is 0. The first-order valence-corrected chi connectivity index (χ1v) is 27.4. The number of amides is 1. The van der Waals surface area contributed by atoms with Gasteiger partial charge in [-0.3, -0.25) is 9.59 Å². The number of aliphatic hydroxyl groups excluding tert-OH is 2. The van der Waals surface area contributed by atoms with Crippen LogP contribution in [0.15, 0.2) is 12.2 Å². The van der Waals surface area contributed by atoms with Crippen molar-refractivity contribution in [1.82, 2.24) is 5.32 Å². The van der Waals surface area contributed by atoms with Gasteiger partial charge in [0.2, 0.25) is 5.91 Å². The van der Waals surface area contributed by atoms with Crippen LogP contribution in [0.2, 0.25) is 0 Å². The first-order chi connectivity index (χ1) is 30.0. The van der Waals surface area contributed by atoms with Gasteiger partial charge in [-0.15, -0.1) is 0 Å². The zero-order chi connectivity index (χ0) is 44.4. The summed E-state index contributed by atoms with van der Waals surface area (Å²) in [5.74, 6) is -0.0883. The predicted molar refractivity (Wildman–Crippen MR) is 264 cm³/mol. The molecule has 362 valence electrons. The topological polar surface area (TPSA) is 95.9 Å². The molecule has 0 aromatic rings. The van der Waals surface area contributed by atoms with Crippen molar-refractivity contribution >= 4 is 11.9 Å². The average molecular weight is 862 g/mol. The van der Waals surface area contributed by atoms with Crippen molar-refractivity contribution < 1.29 is 24.5 Å². The molecule has 2 atom stereocenters. The molecule has 0 rings (SSSR count). The van der Waals surface area contributed by atoms with Crippen molar-refractivity contribution in [3.63, 3.8) is 0 Å². The number of rotatable bonds is 51. The second-order valence-electron chi connectivity index (χ2n) is 18.9. The summed E-state index contributed by atoms with van der Waals surface area (Å²) >= 11 is 0. The normalized spacial score (nSPS) is 12.7. The largest absolute Gasteiger partial charge is 0.466 e. The van der Waals surface area contributed by atoms with Crippen molar-refractivity contribution in [2.24, 2.45) is 0 Å². The maximum absolute atomic E-state index is 12.4. The Morgan fingerprint density at radius 1 is 0.443 bits per heavy atom. The fourth-order valence-electron chi connectivity index (χ4n) is 8.58. The van der Waals surface area contributed by atoms with Gasteiger partial charge in [-0.2, -0.15) is 0 Å². The Kier molecular flexibility index (Phi) is 50.1. The highest BCUT2D eigenvalue weighted by Crippen LogP contribution is 2.17.